The van der Waals surface area contributed by atoms with Gasteiger partial charge in [0.25, 0.3) is 0 Å². The van der Waals surface area contributed by atoms with E-state index in [1.165, 1.54) is 0 Å². The van der Waals surface area contributed by atoms with E-state index in [4.69, 9.17) is 23.1 Å². The van der Waals surface area contributed by atoms with Gasteiger partial charge in [-0.3, -0.25) is 0 Å². The summed E-state index contributed by atoms with van der Waals surface area (Å²) in [5.74, 6) is 0. The Bertz CT molecular complexity index is 321. The number of benzene rings is 1. The average Bonchev–Trinajstić information content (AvgIpc) is 2.17. The first kappa shape index (κ1) is 16.2. The van der Waals surface area contributed by atoms with Crippen LogP contribution in [0.1, 0.15) is 30.9 Å². The maximum Gasteiger partial charge on any atom is 0.0417 e. The number of nitrogens with two attached hydrogens (primary N) is 2. The van der Waals surface area contributed by atoms with Crippen molar-refractivity contribution in [1.82, 2.24) is 0 Å². The number of hydrogen-bond acceptors (Lipinski definition) is 2. The molecule has 0 amide bonds. The second-order valence-corrected chi connectivity index (χ2v) is 4.85. The Kier molecular flexibility index (Phi) is 8.42. The Morgan fingerprint density at radius 3 is 2.56 bits per heavy atom. The van der Waals surface area contributed by atoms with Gasteiger partial charge >= 0.3 is 0 Å². The van der Waals surface area contributed by atoms with Crippen molar-refractivity contribution in [2.24, 2.45) is 11.5 Å². The van der Waals surface area contributed by atoms with Crippen molar-refractivity contribution in [3.05, 3.63) is 33.3 Å². The van der Waals surface area contributed by atoms with Crippen LogP contribution >= 0.6 is 39.9 Å². The Labute approximate surface area is 116 Å². The Morgan fingerprint density at radius 1 is 1.31 bits per heavy atom. The van der Waals surface area contributed by atoms with Crippen LogP contribution in [0.3, 0.4) is 0 Å². The van der Waals surface area contributed by atoms with Gasteiger partial charge < -0.3 is 11.5 Å². The summed E-state index contributed by atoms with van der Waals surface area (Å²) in [5.41, 5.74) is 12.6. The third kappa shape index (κ3) is 5.02. The largest absolute Gasteiger partial charge is 0.330 e. The molecule has 0 aliphatic heterocycles. The van der Waals surface area contributed by atoms with E-state index in [2.05, 4.69) is 15.9 Å². The first-order valence-electron chi connectivity index (χ1n) is 5.05. The maximum atomic E-state index is 6.07. The zero-order chi connectivity index (χ0) is 11.3. The fourth-order valence-corrected chi connectivity index (χ4v) is 2.44. The maximum absolute atomic E-state index is 6.07. The summed E-state index contributed by atoms with van der Waals surface area (Å²) in [6.45, 7) is 0.731. The second kappa shape index (κ2) is 8.31. The van der Waals surface area contributed by atoms with E-state index < -0.39 is 0 Å². The molecule has 1 aromatic carbocycles. The first-order valence-corrected chi connectivity index (χ1v) is 6.23. The summed E-state index contributed by atoms with van der Waals surface area (Å²) in [6, 6.07) is 5.77. The normalized spacial score (nSPS) is 12.0. The molecule has 0 spiro atoms. The highest BCUT2D eigenvalue weighted by Gasteiger charge is 2.09. The standard InChI is InChI=1S/C11H16BrClN2.ClH/c12-10-7-8(13)4-5-9(10)11(15)3-1-2-6-14;/h4-5,7,11H,1-3,6,14-15H2;1H/t11-;/m0./s1. The molecule has 0 saturated carbocycles. The lowest BCUT2D eigenvalue weighted by molar-refractivity contribution is 0.589. The van der Waals surface area contributed by atoms with Gasteiger partial charge in [-0.25, -0.2) is 0 Å². The predicted molar refractivity (Wildman–Crippen MR) is 76.2 cm³/mol. The van der Waals surface area contributed by atoms with Gasteiger partial charge in [0.05, 0.1) is 0 Å². The Balaban J connectivity index is 0.00000225. The van der Waals surface area contributed by atoms with Gasteiger partial charge in [-0.2, -0.15) is 0 Å². The van der Waals surface area contributed by atoms with E-state index in [0.29, 0.717) is 0 Å². The molecule has 1 aromatic rings. The van der Waals surface area contributed by atoms with Gasteiger partial charge in [0, 0.05) is 15.5 Å². The van der Waals surface area contributed by atoms with E-state index in [1.807, 2.05) is 18.2 Å². The van der Waals surface area contributed by atoms with Gasteiger partial charge in [0.2, 0.25) is 0 Å². The fourth-order valence-electron chi connectivity index (χ4n) is 1.47. The van der Waals surface area contributed by atoms with Crippen LogP contribution in [0.25, 0.3) is 0 Å². The molecule has 0 heterocycles. The molecule has 0 aromatic heterocycles. The van der Waals surface area contributed by atoms with E-state index >= 15 is 0 Å². The molecule has 2 nitrogen and oxygen atoms in total. The van der Waals surface area contributed by atoms with Crippen molar-refractivity contribution in [2.45, 2.75) is 25.3 Å². The smallest absolute Gasteiger partial charge is 0.0417 e. The summed E-state index contributed by atoms with van der Waals surface area (Å²) in [4.78, 5) is 0. The number of rotatable bonds is 5. The molecule has 5 heteroatoms. The highest BCUT2D eigenvalue weighted by Crippen LogP contribution is 2.27. The molecule has 16 heavy (non-hydrogen) atoms. The molecule has 0 fully saturated rings. The molecule has 0 saturated heterocycles. The Hall–Kier alpha value is 0.200. The van der Waals surface area contributed by atoms with Crippen LogP contribution in [0.15, 0.2) is 22.7 Å². The van der Waals surface area contributed by atoms with E-state index in [-0.39, 0.29) is 18.4 Å². The third-order valence-corrected chi connectivity index (χ3v) is 3.25. The lowest BCUT2D eigenvalue weighted by atomic mass is 10.0. The molecule has 0 bridgehead atoms. The summed E-state index contributed by atoms with van der Waals surface area (Å²) in [7, 11) is 0. The van der Waals surface area contributed by atoms with Crippen molar-refractivity contribution in [3.8, 4) is 0 Å². The molecule has 0 radical (unpaired) electrons. The van der Waals surface area contributed by atoms with E-state index in [9.17, 15) is 0 Å². The minimum Gasteiger partial charge on any atom is -0.330 e. The SMILES string of the molecule is Cl.NCCCC[C@H](N)c1ccc(Cl)cc1Br. The zero-order valence-electron chi connectivity index (χ0n) is 8.96. The van der Waals surface area contributed by atoms with Crippen molar-refractivity contribution in [3.63, 3.8) is 0 Å². The van der Waals surface area contributed by atoms with Crippen LogP contribution in [0.5, 0.6) is 0 Å². The zero-order valence-corrected chi connectivity index (χ0v) is 12.1. The topological polar surface area (TPSA) is 52.0 Å². The monoisotopic (exact) mass is 326 g/mol. The van der Waals surface area contributed by atoms with Crippen LogP contribution in [0.2, 0.25) is 5.02 Å². The van der Waals surface area contributed by atoms with Gasteiger partial charge in [0.15, 0.2) is 0 Å². The van der Waals surface area contributed by atoms with Crippen molar-refractivity contribution in [2.75, 3.05) is 6.54 Å². The van der Waals surface area contributed by atoms with Gasteiger partial charge in [-0.05, 0) is 37.1 Å². The van der Waals surface area contributed by atoms with Crippen LogP contribution < -0.4 is 11.5 Å². The summed E-state index contributed by atoms with van der Waals surface area (Å²) < 4.78 is 0.982. The highest BCUT2D eigenvalue weighted by atomic mass is 79.9. The first-order chi connectivity index (χ1) is 7.15. The van der Waals surface area contributed by atoms with Crippen molar-refractivity contribution >= 4 is 39.9 Å². The minimum absolute atomic E-state index is 0. The molecule has 0 aliphatic rings. The molecular formula is C11H17BrCl2N2. The fraction of sp³-hybridized carbons (Fsp3) is 0.455. The quantitative estimate of drug-likeness (QED) is 0.811. The van der Waals surface area contributed by atoms with Crippen LogP contribution in [-0.4, -0.2) is 6.54 Å². The third-order valence-electron chi connectivity index (χ3n) is 2.33. The summed E-state index contributed by atoms with van der Waals surface area (Å²) in [5, 5.41) is 0.722. The van der Waals surface area contributed by atoms with Crippen molar-refractivity contribution < 1.29 is 0 Å². The van der Waals surface area contributed by atoms with Crippen molar-refractivity contribution in [1.29, 1.82) is 0 Å². The van der Waals surface area contributed by atoms with E-state index in [0.717, 1.165) is 40.9 Å². The predicted octanol–water partition coefficient (Wildman–Crippen LogP) is 3.65. The Morgan fingerprint density at radius 2 is 2.00 bits per heavy atom. The van der Waals surface area contributed by atoms with Gasteiger partial charge in [-0.1, -0.05) is 40.0 Å². The molecule has 0 aliphatic carbocycles. The lowest BCUT2D eigenvalue weighted by Crippen LogP contribution is -2.11. The molecule has 0 unspecified atom stereocenters. The molecule has 1 rings (SSSR count). The molecular weight excluding hydrogens is 311 g/mol. The van der Waals surface area contributed by atoms with Gasteiger partial charge in [-0.15, -0.1) is 12.4 Å². The van der Waals surface area contributed by atoms with Crippen LogP contribution in [0.4, 0.5) is 0 Å². The molecule has 1 atom stereocenters. The highest BCUT2D eigenvalue weighted by molar-refractivity contribution is 9.10. The van der Waals surface area contributed by atoms with Crippen LogP contribution in [-0.2, 0) is 0 Å². The van der Waals surface area contributed by atoms with Crippen LogP contribution in [0, 0.1) is 0 Å². The summed E-state index contributed by atoms with van der Waals surface area (Å²) >= 11 is 9.33. The number of hydrogen-bond donors (Lipinski definition) is 2. The van der Waals surface area contributed by atoms with E-state index in [1.54, 1.807) is 0 Å². The molecule has 4 N–H and O–H groups in total. The summed E-state index contributed by atoms with van der Waals surface area (Å²) in [6.07, 6.45) is 3.04. The number of unbranched alkanes of at least 4 members (excludes halogenated alkanes) is 1. The molecule has 92 valence electrons. The van der Waals surface area contributed by atoms with Gasteiger partial charge in [0.1, 0.15) is 0 Å². The lowest BCUT2D eigenvalue weighted by Gasteiger charge is -2.13. The number of halogens is 3. The minimum atomic E-state index is 0. The average molecular weight is 328 g/mol. The second-order valence-electron chi connectivity index (χ2n) is 3.56.